The van der Waals surface area contributed by atoms with Crippen molar-refractivity contribution in [2.75, 3.05) is 4.90 Å². The average Bonchev–Trinajstić information content (AvgIpc) is 3.81. The van der Waals surface area contributed by atoms with Gasteiger partial charge in [-0.15, -0.1) is 0 Å². The van der Waals surface area contributed by atoms with Crippen LogP contribution in [-0.2, 0) is 5.41 Å². The second-order valence-electron chi connectivity index (χ2n) is 16.8. The van der Waals surface area contributed by atoms with Gasteiger partial charge in [0.2, 0.25) is 0 Å². The van der Waals surface area contributed by atoms with E-state index in [1.807, 2.05) is 12.1 Å². The summed E-state index contributed by atoms with van der Waals surface area (Å²) in [6.45, 7) is 4.69. The zero-order chi connectivity index (χ0) is 40.7. The van der Waals surface area contributed by atoms with Crippen molar-refractivity contribution >= 4 is 60.5 Å². The quantitative estimate of drug-likeness (QED) is 0.156. The molecule has 10 aromatic carbocycles. The third-order valence-electron chi connectivity index (χ3n) is 13.1. The van der Waals surface area contributed by atoms with E-state index >= 15 is 0 Å². The molecule has 61 heavy (non-hydrogen) atoms. The third-order valence-corrected chi connectivity index (χ3v) is 13.1. The summed E-state index contributed by atoms with van der Waals surface area (Å²) in [5.41, 5.74) is 17.5. The lowest BCUT2D eigenvalue weighted by molar-refractivity contribution is 0.660. The fourth-order valence-electron chi connectivity index (χ4n) is 10.1. The Kier molecular flexibility index (Phi) is 7.92. The van der Waals surface area contributed by atoms with Crippen molar-refractivity contribution in [1.29, 1.82) is 0 Å². The van der Waals surface area contributed by atoms with E-state index in [-0.39, 0.29) is 5.41 Å². The summed E-state index contributed by atoms with van der Waals surface area (Å²) in [5, 5.41) is 7.31. The number of hydrogen-bond donors (Lipinski definition) is 0. The molecule has 0 N–H and O–H groups in total. The number of benzene rings is 10. The van der Waals surface area contributed by atoms with Gasteiger partial charge in [-0.1, -0.05) is 184 Å². The zero-order valence-corrected chi connectivity index (χ0v) is 34.1. The van der Waals surface area contributed by atoms with Crippen LogP contribution in [0.5, 0.6) is 0 Å². The molecule has 0 radical (unpaired) electrons. The highest BCUT2D eigenvalue weighted by Gasteiger charge is 2.36. The lowest BCUT2D eigenvalue weighted by Gasteiger charge is -2.27. The van der Waals surface area contributed by atoms with Crippen molar-refractivity contribution in [3.05, 3.63) is 223 Å². The predicted octanol–water partition coefficient (Wildman–Crippen LogP) is 16.7. The Morgan fingerprint density at radius 2 is 0.951 bits per heavy atom. The van der Waals surface area contributed by atoms with Crippen molar-refractivity contribution in [1.82, 2.24) is 0 Å². The predicted molar refractivity (Wildman–Crippen MR) is 257 cm³/mol. The van der Waals surface area contributed by atoms with E-state index in [4.69, 9.17) is 4.42 Å². The summed E-state index contributed by atoms with van der Waals surface area (Å²) in [6.07, 6.45) is 0. The molecule has 12 rings (SSSR count). The van der Waals surface area contributed by atoms with Crippen LogP contribution < -0.4 is 4.90 Å². The van der Waals surface area contributed by atoms with Gasteiger partial charge in [0.05, 0.1) is 0 Å². The molecule has 1 aliphatic carbocycles. The fraction of sp³-hybridized carbons (Fsp3) is 0.0508. The number of furan rings is 1. The van der Waals surface area contributed by atoms with Crippen LogP contribution in [0.2, 0.25) is 0 Å². The molecule has 1 aromatic heterocycles. The van der Waals surface area contributed by atoms with Crippen LogP contribution in [0.15, 0.2) is 217 Å². The molecule has 288 valence electrons. The number of rotatable bonds is 6. The van der Waals surface area contributed by atoms with Crippen LogP contribution in [0.4, 0.5) is 17.1 Å². The van der Waals surface area contributed by atoms with E-state index in [0.29, 0.717) is 0 Å². The first-order valence-electron chi connectivity index (χ1n) is 21.2. The molecule has 0 amide bonds. The van der Waals surface area contributed by atoms with E-state index in [0.717, 1.165) is 50.1 Å². The minimum absolute atomic E-state index is 0.0526. The molecule has 0 saturated heterocycles. The summed E-state index contributed by atoms with van der Waals surface area (Å²) < 4.78 is 6.46. The van der Waals surface area contributed by atoms with E-state index in [2.05, 4.69) is 219 Å². The third kappa shape index (κ3) is 5.56. The molecule has 0 bridgehead atoms. The van der Waals surface area contributed by atoms with Gasteiger partial charge in [-0.3, -0.25) is 0 Å². The zero-order valence-electron chi connectivity index (χ0n) is 34.1. The van der Waals surface area contributed by atoms with Crippen LogP contribution in [0, 0.1) is 0 Å². The fourth-order valence-corrected chi connectivity index (χ4v) is 10.1. The molecular weight excluding hydrogens is 739 g/mol. The Morgan fingerprint density at radius 1 is 0.361 bits per heavy atom. The Balaban J connectivity index is 0.988. The van der Waals surface area contributed by atoms with E-state index in [9.17, 15) is 0 Å². The van der Waals surface area contributed by atoms with Gasteiger partial charge >= 0.3 is 0 Å². The first-order valence-corrected chi connectivity index (χ1v) is 21.2. The minimum Gasteiger partial charge on any atom is -0.455 e. The van der Waals surface area contributed by atoms with Gasteiger partial charge in [0, 0.05) is 38.8 Å². The number of anilines is 3. The van der Waals surface area contributed by atoms with E-state index < -0.39 is 0 Å². The standard InChI is InChI=1S/C59H41NO/c1-59(2)54-24-7-5-18-53(54)57-47(20-12-25-55(57)59)39-27-32-42(33-28-39)60(43-34-29-40(30-35-43)48-21-11-23-52-51-17-6-8-26-56(51)61-58(48)52)44-15-9-14-41(37-44)46-19-10-22-49-45-16-4-3-13-38(45)31-36-50(46)49/h3-37H,1-2H3. The van der Waals surface area contributed by atoms with Crippen molar-refractivity contribution < 1.29 is 4.42 Å². The van der Waals surface area contributed by atoms with Gasteiger partial charge in [-0.25, -0.2) is 0 Å². The number of hydrogen-bond acceptors (Lipinski definition) is 2. The summed E-state index contributed by atoms with van der Waals surface area (Å²) in [7, 11) is 0. The SMILES string of the molecule is CC1(C)c2ccccc2-c2c(-c3ccc(N(c4ccc(-c5cccc6c5oc5ccccc56)cc4)c4cccc(-c5cccc6c5ccc5ccccc56)c4)cc3)cccc21. The molecule has 0 atom stereocenters. The lowest BCUT2D eigenvalue weighted by Crippen LogP contribution is -2.14. The molecule has 0 fully saturated rings. The van der Waals surface area contributed by atoms with Crippen molar-refractivity contribution in [3.63, 3.8) is 0 Å². The van der Waals surface area contributed by atoms with E-state index in [1.165, 1.54) is 66.1 Å². The van der Waals surface area contributed by atoms with Gasteiger partial charge < -0.3 is 9.32 Å². The summed E-state index contributed by atoms with van der Waals surface area (Å²) in [6, 6.07) is 77.4. The molecule has 0 saturated carbocycles. The Hall–Kier alpha value is -7.68. The molecule has 2 heteroatoms. The van der Waals surface area contributed by atoms with Crippen molar-refractivity contribution in [2.24, 2.45) is 0 Å². The van der Waals surface area contributed by atoms with Gasteiger partial charge in [0.1, 0.15) is 11.2 Å². The van der Waals surface area contributed by atoms with Gasteiger partial charge in [0.25, 0.3) is 0 Å². The van der Waals surface area contributed by atoms with Crippen LogP contribution in [0.1, 0.15) is 25.0 Å². The maximum Gasteiger partial charge on any atom is 0.143 e. The average molecular weight is 780 g/mol. The molecule has 2 nitrogen and oxygen atoms in total. The van der Waals surface area contributed by atoms with Crippen molar-refractivity contribution in [3.8, 4) is 44.5 Å². The first kappa shape index (κ1) is 35.3. The largest absolute Gasteiger partial charge is 0.455 e. The topological polar surface area (TPSA) is 16.4 Å². The molecule has 11 aromatic rings. The van der Waals surface area contributed by atoms with Crippen LogP contribution in [-0.4, -0.2) is 0 Å². The normalized spacial score (nSPS) is 12.9. The molecular formula is C59H41NO. The second-order valence-corrected chi connectivity index (χ2v) is 16.8. The highest BCUT2D eigenvalue weighted by molar-refractivity contribution is 6.12. The van der Waals surface area contributed by atoms with Crippen molar-refractivity contribution in [2.45, 2.75) is 19.3 Å². The summed E-state index contributed by atoms with van der Waals surface area (Å²) in [4.78, 5) is 2.38. The maximum absolute atomic E-state index is 6.46. The van der Waals surface area contributed by atoms with Crippen LogP contribution in [0.25, 0.3) is 88.0 Å². The van der Waals surface area contributed by atoms with Gasteiger partial charge in [0.15, 0.2) is 0 Å². The number of nitrogens with zero attached hydrogens (tertiary/aromatic N) is 1. The summed E-state index contributed by atoms with van der Waals surface area (Å²) in [5.74, 6) is 0. The second kappa shape index (κ2) is 13.7. The van der Waals surface area contributed by atoms with Crippen LogP contribution >= 0.6 is 0 Å². The number of fused-ring (bicyclic) bond motifs is 9. The van der Waals surface area contributed by atoms with Gasteiger partial charge in [-0.05, 0) is 114 Å². The molecule has 0 unspecified atom stereocenters. The highest BCUT2D eigenvalue weighted by Crippen LogP contribution is 2.52. The Morgan fingerprint density at radius 3 is 1.77 bits per heavy atom. The maximum atomic E-state index is 6.46. The number of para-hydroxylation sites is 2. The Labute approximate surface area is 355 Å². The molecule has 0 spiro atoms. The smallest absolute Gasteiger partial charge is 0.143 e. The highest BCUT2D eigenvalue weighted by atomic mass is 16.3. The molecule has 1 heterocycles. The van der Waals surface area contributed by atoms with Gasteiger partial charge in [-0.2, -0.15) is 0 Å². The first-order chi connectivity index (χ1) is 30.0. The van der Waals surface area contributed by atoms with Crippen LogP contribution in [0.3, 0.4) is 0 Å². The lowest BCUT2D eigenvalue weighted by atomic mass is 9.82. The summed E-state index contributed by atoms with van der Waals surface area (Å²) >= 11 is 0. The molecule has 1 aliphatic rings. The monoisotopic (exact) mass is 779 g/mol. The molecule has 0 aliphatic heterocycles. The van der Waals surface area contributed by atoms with E-state index in [1.54, 1.807) is 0 Å². The minimum atomic E-state index is -0.0526. The Bertz CT molecular complexity index is 3500.